The van der Waals surface area contributed by atoms with Crippen molar-refractivity contribution in [2.75, 3.05) is 5.32 Å². The molecule has 8 heteroatoms. The van der Waals surface area contributed by atoms with Crippen molar-refractivity contribution in [1.29, 1.82) is 0 Å². The maximum Gasteiger partial charge on any atom is 0.329 e. The smallest absolute Gasteiger partial charge is 0.329 e. The van der Waals surface area contributed by atoms with Crippen LogP contribution in [-0.4, -0.2) is 29.9 Å². The molecular formula is C18H19FN2O5. The Morgan fingerprint density at radius 2 is 1.92 bits per heavy atom. The highest BCUT2D eigenvalue weighted by Crippen LogP contribution is 2.14. The Balaban J connectivity index is 1.87. The molecule has 2 rings (SSSR count). The van der Waals surface area contributed by atoms with Crippen molar-refractivity contribution < 1.29 is 27.9 Å². The number of benzene rings is 1. The van der Waals surface area contributed by atoms with Gasteiger partial charge >= 0.3 is 5.97 Å². The van der Waals surface area contributed by atoms with Crippen molar-refractivity contribution in [1.82, 2.24) is 5.32 Å². The van der Waals surface area contributed by atoms with E-state index in [-0.39, 0.29) is 11.4 Å². The third-order valence-corrected chi connectivity index (χ3v) is 3.55. The quantitative estimate of drug-likeness (QED) is 0.769. The van der Waals surface area contributed by atoms with Crippen LogP contribution in [0.4, 0.5) is 10.1 Å². The minimum absolute atomic E-state index is 0.0526. The Bertz CT molecular complexity index is 804. The van der Waals surface area contributed by atoms with E-state index in [9.17, 15) is 18.8 Å². The van der Waals surface area contributed by atoms with Crippen LogP contribution >= 0.6 is 0 Å². The molecule has 7 nitrogen and oxygen atoms in total. The summed E-state index contributed by atoms with van der Waals surface area (Å²) in [4.78, 5) is 35.9. The molecule has 0 saturated carbocycles. The molecule has 0 unspecified atom stereocenters. The van der Waals surface area contributed by atoms with Gasteiger partial charge in [-0.05, 0) is 50.6 Å². The number of halogens is 1. The van der Waals surface area contributed by atoms with Crippen molar-refractivity contribution in [2.45, 2.75) is 32.9 Å². The van der Waals surface area contributed by atoms with Crippen molar-refractivity contribution in [2.24, 2.45) is 0 Å². The average molecular weight is 362 g/mol. The monoisotopic (exact) mass is 362 g/mol. The van der Waals surface area contributed by atoms with E-state index in [2.05, 4.69) is 10.6 Å². The minimum Gasteiger partial charge on any atom is -0.459 e. The highest BCUT2D eigenvalue weighted by Gasteiger charge is 2.24. The molecule has 138 valence electrons. The predicted molar refractivity (Wildman–Crippen MR) is 91.0 cm³/mol. The molecule has 0 aliphatic carbocycles. The number of aryl methyl sites for hydroxylation is 1. The van der Waals surface area contributed by atoms with Crippen LogP contribution in [0.25, 0.3) is 0 Å². The van der Waals surface area contributed by atoms with Crippen molar-refractivity contribution in [3.63, 3.8) is 0 Å². The van der Waals surface area contributed by atoms with Crippen LogP contribution in [0, 0.1) is 12.7 Å². The second-order valence-electron chi connectivity index (χ2n) is 5.70. The number of carbonyl (C=O) groups is 3. The van der Waals surface area contributed by atoms with E-state index in [4.69, 9.17) is 9.15 Å². The van der Waals surface area contributed by atoms with Gasteiger partial charge in [-0.25, -0.2) is 9.18 Å². The standard InChI is InChI=1S/C18H19FN2O5/c1-10-6-7-13(9-14(10)19)21-16(22)12(3)26-18(24)11(2)20-17(23)15-5-4-8-25-15/h4-9,11-12H,1-3H3,(H,20,23)(H,21,22)/t11-,12+/m0/s1. The third-order valence-electron chi connectivity index (χ3n) is 3.55. The fraction of sp³-hybridized carbons (Fsp3) is 0.278. The lowest BCUT2D eigenvalue weighted by atomic mass is 10.2. The maximum atomic E-state index is 13.5. The molecule has 2 N–H and O–H groups in total. The summed E-state index contributed by atoms with van der Waals surface area (Å²) in [6.07, 6.45) is 0.202. The van der Waals surface area contributed by atoms with Crippen LogP contribution < -0.4 is 10.6 Å². The number of nitrogens with one attached hydrogen (secondary N) is 2. The minimum atomic E-state index is -1.13. The number of amides is 2. The van der Waals surface area contributed by atoms with Crippen LogP contribution in [0.3, 0.4) is 0 Å². The third kappa shape index (κ3) is 4.92. The summed E-state index contributed by atoms with van der Waals surface area (Å²) in [6, 6.07) is 6.24. The zero-order valence-electron chi connectivity index (χ0n) is 14.5. The lowest BCUT2D eigenvalue weighted by Gasteiger charge is -2.17. The lowest BCUT2D eigenvalue weighted by Crippen LogP contribution is -2.42. The van der Waals surface area contributed by atoms with Gasteiger partial charge in [0, 0.05) is 5.69 Å². The number of hydrogen-bond donors (Lipinski definition) is 2. The molecule has 0 aliphatic rings. The average Bonchev–Trinajstić information content (AvgIpc) is 3.12. The van der Waals surface area contributed by atoms with E-state index < -0.39 is 35.7 Å². The zero-order chi connectivity index (χ0) is 19.3. The summed E-state index contributed by atoms with van der Waals surface area (Å²) in [7, 11) is 0. The first-order valence-electron chi connectivity index (χ1n) is 7.90. The maximum absolute atomic E-state index is 13.5. The van der Waals surface area contributed by atoms with Gasteiger partial charge in [0.05, 0.1) is 6.26 Å². The van der Waals surface area contributed by atoms with Crippen molar-refractivity contribution in [3.8, 4) is 0 Å². The first-order valence-corrected chi connectivity index (χ1v) is 7.90. The van der Waals surface area contributed by atoms with Crippen LogP contribution in [0.15, 0.2) is 41.0 Å². The molecule has 26 heavy (non-hydrogen) atoms. The van der Waals surface area contributed by atoms with Crippen LogP contribution in [0.5, 0.6) is 0 Å². The van der Waals surface area contributed by atoms with Gasteiger partial charge in [0.25, 0.3) is 11.8 Å². The Morgan fingerprint density at radius 1 is 1.19 bits per heavy atom. The molecule has 0 spiro atoms. The molecule has 0 saturated heterocycles. The fourth-order valence-electron chi connectivity index (χ4n) is 1.98. The second kappa shape index (κ2) is 8.28. The molecule has 1 aromatic heterocycles. The van der Waals surface area contributed by atoms with Crippen molar-refractivity contribution >= 4 is 23.5 Å². The topological polar surface area (TPSA) is 97.6 Å². The number of rotatable bonds is 6. The Hall–Kier alpha value is -3.16. The highest BCUT2D eigenvalue weighted by atomic mass is 19.1. The van der Waals surface area contributed by atoms with E-state index >= 15 is 0 Å². The molecule has 2 aromatic rings. The number of furan rings is 1. The number of ether oxygens (including phenoxy) is 1. The van der Waals surface area contributed by atoms with Crippen LogP contribution in [0.1, 0.15) is 30.0 Å². The molecule has 0 aliphatic heterocycles. The lowest BCUT2D eigenvalue weighted by molar-refractivity contribution is -0.154. The first-order chi connectivity index (χ1) is 12.3. The second-order valence-corrected chi connectivity index (χ2v) is 5.70. The predicted octanol–water partition coefficient (Wildman–Crippen LogP) is 2.42. The molecule has 0 fully saturated rings. The summed E-state index contributed by atoms with van der Waals surface area (Å²) in [6.45, 7) is 4.39. The molecule has 2 amide bonds. The number of hydrogen-bond acceptors (Lipinski definition) is 5. The van der Waals surface area contributed by atoms with E-state index in [0.29, 0.717) is 5.56 Å². The molecule has 0 bridgehead atoms. The van der Waals surface area contributed by atoms with Gasteiger partial charge in [0.1, 0.15) is 11.9 Å². The normalized spacial score (nSPS) is 12.8. The number of anilines is 1. The van der Waals surface area contributed by atoms with Gasteiger partial charge in [-0.1, -0.05) is 6.07 Å². The summed E-state index contributed by atoms with van der Waals surface area (Å²) >= 11 is 0. The van der Waals surface area contributed by atoms with E-state index in [1.165, 1.54) is 50.4 Å². The van der Waals surface area contributed by atoms with Gasteiger partial charge in [-0.15, -0.1) is 0 Å². The summed E-state index contributed by atoms with van der Waals surface area (Å²) in [5, 5.41) is 4.86. The summed E-state index contributed by atoms with van der Waals surface area (Å²) in [5.74, 6) is -2.39. The van der Waals surface area contributed by atoms with E-state index in [0.717, 1.165) is 0 Å². The molecule has 0 radical (unpaired) electrons. The van der Waals surface area contributed by atoms with Gasteiger partial charge < -0.3 is 19.8 Å². The number of carbonyl (C=O) groups excluding carboxylic acids is 3. The van der Waals surface area contributed by atoms with E-state index in [1.807, 2.05) is 0 Å². The fourth-order valence-corrected chi connectivity index (χ4v) is 1.98. The number of esters is 1. The zero-order valence-corrected chi connectivity index (χ0v) is 14.5. The first kappa shape index (κ1) is 19.2. The SMILES string of the molecule is Cc1ccc(NC(=O)[C@@H](C)OC(=O)[C@H](C)NC(=O)c2ccco2)cc1F. The van der Waals surface area contributed by atoms with Crippen LogP contribution in [-0.2, 0) is 14.3 Å². The van der Waals surface area contributed by atoms with Crippen LogP contribution in [0.2, 0.25) is 0 Å². The summed E-state index contributed by atoms with van der Waals surface area (Å²) < 4.78 is 23.4. The Labute approximate surface area is 149 Å². The van der Waals surface area contributed by atoms with Gasteiger partial charge in [0.2, 0.25) is 0 Å². The summed E-state index contributed by atoms with van der Waals surface area (Å²) in [5.41, 5.74) is 0.698. The molecule has 1 heterocycles. The Kier molecular flexibility index (Phi) is 6.11. The van der Waals surface area contributed by atoms with E-state index in [1.54, 1.807) is 6.92 Å². The van der Waals surface area contributed by atoms with Gasteiger partial charge in [-0.3, -0.25) is 9.59 Å². The van der Waals surface area contributed by atoms with Crippen molar-refractivity contribution in [3.05, 3.63) is 53.7 Å². The molecular weight excluding hydrogens is 343 g/mol. The highest BCUT2D eigenvalue weighted by molar-refractivity contribution is 5.97. The largest absolute Gasteiger partial charge is 0.459 e. The van der Waals surface area contributed by atoms with Gasteiger partial charge in [0.15, 0.2) is 11.9 Å². The molecule has 2 atom stereocenters. The Morgan fingerprint density at radius 3 is 2.54 bits per heavy atom. The molecule has 1 aromatic carbocycles. The van der Waals surface area contributed by atoms with Gasteiger partial charge in [-0.2, -0.15) is 0 Å².